The third-order valence-corrected chi connectivity index (χ3v) is 1.70. The lowest BCUT2D eigenvalue weighted by Gasteiger charge is -2.14. The Bertz CT molecular complexity index is 145. The Hall–Kier alpha value is -0.280. The van der Waals surface area contributed by atoms with Crippen LogP contribution < -0.4 is 5.64 Å². The molecule has 0 aromatic rings. The predicted molar refractivity (Wildman–Crippen MR) is 36.6 cm³/mol. The maximum atomic E-state index is 9.07. The van der Waals surface area contributed by atoms with Crippen molar-refractivity contribution in [3.05, 3.63) is 0 Å². The zero-order valence-electron chi connectivity index (χ0n) is 6.97. The van der Waals surface area contributed by atoms with Crippen molar-refractivity contribution in [1.82, 2.24) is 15.9 Å². The highest BCUT2D eigenvalue weighted by molar-refractivity contribution is 4.95. The van der Waals surface area contributed by atoms with E-state index in [1.54, 1.807) is 0 Å². The topological polar surface area (TPSA) is 77.4 Å². The Kier molecular flexibility index (Phi) is 3.35. The van der Waals surface area contributed by atoms with Gasteiger partial charge in [0.1, 0.15) is 0 Å². The standard InChI is InChI=1S/C5H13N3O4/c1-7(9)4-3-5(4)8(10)12-6-11-2/h4-6,9-10H,3H2,1-2H3. The molecule has 2 atom stereocenters. The summed E-state index contributed by atoms with van der Waals surface area (Å²) in [5, 5.41) is 19.6. The number of hydrogen-bond acceptors (Lipinski definition) is 7. The monoisotopic (exact) mass is 179 g/mol. The second-order valence-corrected chi connectivity index (χ2v) is 2.63. The average Bonchev–Trinajstić information content (AvgIpc) is 2.78. The summed E-state index contributed by atoms with van der Waals surface area (Å²) in [4.78, 5) is 8.81. The summed E-state index contributed by atoms with van der Waals surface area (Å²) in [6.07, 6.45) is 0.648. The lowest BCUT2D eigenvalue weighted by atomic mass is 10.6. The summed E-state index contributed by atoms with van der Waals surface area (Å²) in [6.45, 7) is 0. The van der Waals surface area contributed by atoms with Crippen molar-refractivity contribution in [2.24, 2.45) is 0 Å². The third kappa shape index (κ3) is 2.35. The van der Waals surface area contributed by atoms with Crippen molar-refractivity contribution >= 4 is 0 Å². The Morgan fingerprint density at radius 3 is 2.50 bits per heavy atom. The van der Waals surface area contributed by atoms with Crippen LogP contribution in [0.2, 0.25) is 0 Å². The van der Waals surface area contributed by atoms with E-state index < -0.39 is 0 Å². The minimum atomic E-state index is -0.220. The minimum Gasteiger partial charge on any atom is -0.314 e. The molecular formula is C5H13N3O4. The van der Waals surface area contributed by atoms with E-state index in [1.807, 2.05) is 5.64 Å². The molecular weight excluding hydrogens is 166 g/mol. The average molecular weight is 179 g/mol. The maximum absolute atomic E-state index is 9.07. The van der Waals surface area contributed by atoms with E-state index in [1.165, 1.54) is 14.2 Å². The van der Waals surface area contributed by atoms with Gasteiger partial charge < -0.3 is 5.21 Å². The van der Waals surface area contributed by atoms with Crippen LogP contribution in [0.4, 0.5) is 0 Å². The minimum absolute atomic E-state index is 0.0892. The summed E-state index contributed by atoms with van der Waals surface area (Å²) in [5.74, 6) is 0. The smallest absolute Gasteiger partial charge is 0.0841 e. The van der Waals surface area contributed by atoms with E-state index in [9.17, 15) is 0 Å². The molecule has 1 saturated carbocycles. The number of nitrogens with zero attached hydrogens (tertiary/aromatic N) is 2. The lowest BCUT2D eigenvalue weighted by molar-refractivity contribution is -0.420. The first-order valence-electron chi connectivity index (χ1n) is 3.51. The van der Waals surface area contributed by atoms with E-state index in [-0.39, 0.29) is 12.1 Å². The van der Waals surface area contributed by atoms with Crippen LogP contribution in [0, 0.1) is 0 Å². The van der Waals surface area contributed by atoms with Crippen molar-refractivity contribution < 1.29 is 20.2 Å². The van der Waals surface area contributed by atoms with Crippen LogP contribution >= 0.6 is 0 Å². The van der Waals surface area contributed by atoms with Crippen LogP contribution in [0.15, 0.2) is 0 Å². The fraction of sp³-hybridized carbons (Fsp3) is 1.00. The van der Waals surface area contributed by atoms with Gasteiger partial charge in [-0.3, -0.25) is 10.0 Å². The molecule has 0 amide bonds. The molecule has 0 aromatic carbocycles. The molecule has 0 radical (unpaired) electrons. The van der Waals surface area contributed by atoms with Gasteiger partial charge in [-0.1, -0.05) is 5.64 Å². The first-order chi connectivity index (χ1) is 5.66. The molecule has 0 heterocycles. The van der Waals surface area contributed by atoms with Gasteiger partial charge in [-0.05, 0) is 11.6 Å². The SMILES string of the molecule is CONON(O)C1CC1N(C)O. The fourth-order valence-electron chi connectivity index (χ4n) is 0.951. The molecule has 72 valence electrons. The van der Waals surface area contributed by atoms with Crippen LogP contribution in [0.1, 0.15) is 6.42 Å². The molecule has 3 N–H and O–H groups in total. The highest BCUT2D eigenvalue weighted by Gasteiger charge is 2.46. The molecule has 1 aliphatic carbocycles. The van der Waals surface area contributed by atoms with Crippen molar-refractivity contribution in [1.29, 1.82) is 0 Å². The van der Waals surface area contributed by atoms with Gasteiger partial charge in [-0.15, -0.1) is 0 Å². The van der Waals surface area contributed by atoms with Crippen molar-refractivity contribution in [3.8, 4) is 0 Å². The van der Waals surface area contributed by atoms with Gasteiger partial charge in [0.05, 0.1) is 19.2 Å². The zero-order chi connectivity index (χ0) is 9.14. The van der Waals surface area contributed by atoms with Crippen molar-refractivity contribution in [2.75, 3.05) is 14.2 Å². The Labute approximate surface area is 69.8 Å². The summed E-state index contributed by atoms with van der Waals surface area (Å²) in [7, 11) is 2.87. The van der Waals surface area contributed by atoms with E-state index in [0.29, 0.717) is 11.6 Å². The van der Waals surface area contributed by atoms with E-state index in [4.69, 9.17) is 10.4 Å². The predicted octanol–water partition coefficient (Wildman–Crippen LogP) is -0.863. The van der Waals surface area contributed by atoms with Crippen LogP contribution in [0.3, 0.4) is 0 Å². The highest BCUT2D eigenvalue weighted by Crippen LogP contribution is 2.30. The van der Waals surface area contributed by atoms with Crippen LogP contribution in [-0.2, 0) is 9.78 Å². The largest absolute Gasteiger partial charge is 0.314 e. The molecule has 2 unspecified atom stereocenters. The lowest BCUT2D eigenvalue weighted by Crippen LogP contribution is -2.34. The molecule has 0 bridgehead atoms. The maximum Gasteiger partial charge on any atom is 0.0841 e. The van der Waals surface area contributed by atoms with E-state index >= 15 is 0 Å². The molecule has 0 saturated heterocycles. The molecule has 7 nitrogen and oxygen atoms in total. The quantitative estimate of drug-likeness (QED) is 0.474. The Morgan fingerprint density at radius 2 is 2.08 bits per heavy atom. The Balaban J connectivity index is 2.14. The zero-order valence-corrected chi connectivity index (χ0v) is 6.97. The molecule has 0 aromatic heterocycles. The number of likely N-dealkylation sites (N-methyl/N-ethyl adjacent to an activating group) is 1. The number of rotatable bonds is 5. The number of hydroxylamine groups is 4. The number of hydrogen-bond donors (Lipinski definition) is 3. The summed E-state index contributed by atoms with van der Waals surface area (Å²) < 4.78 is 0. The first kappa shape index (κ1) is 9.81. The van der Waals surface area contributed by atoms with Gasteiger partial charge in [0.2, 0.25) is 0 Å². The number of nitrogens with one attached hydrogen (secondary N) is 1. The van der Waals surface area contributed by atoms with Gasteiger partial charge in [0.15, 0.2) is 0 Å². The molecule has 1 fully saturated rings. The molecule has 1 rings (SSSR count). The van der Waals surface area contributed by atoms with Crippen molar-refractivity contribution in [3.63, 3.8) is 0 Å². The molecule has 7 heteroatoms. The molecule has 1 aliphatic rings. The molecule has 0 aliphatic heterocycles. The van der Waals surface area contributed by atoms with Gasteiger partial charge in [-0.25, -0.2) is 0 Å². The molecule has 0 spiro atoms. The van der Waals surface area contributed by atoms with Crippen molar-refractivity contribution in [2.45, 2.75) is 18.5 Å². The third-order valence-electron chi connectivity index (χ3n) is 1.70. The van der Waals surface area contributed by atoms with E-state index in [2.05, 4.69) is 9.78 Å². The van der Waals surface area contributed by atoms with Gasteiger partial charge in [0.25, 0.3) is 0 Å². The summed E-state index contributed by atoms with van der Waals surface area (Å²) in [5.41, 5.74) is 2.00. The first-order valence-corrected chi connectivity index (χ1v) is 3.51. The van der Waals surface area contributed by atoms with Crippen LogP contribution in [-0.4, -0.2) is 46.9 Å². The second kappa shape index (κ2) is 4.10. The summed E-state index contributed by atoms with van der Waals surface area (Å²) >= 11 is 0. The second-order valence-electron chi connectivity index (χ2n) is 2.63. The van der Waals surface area contributed by atoms with Crippen LogP contribution in [0.5, 0.6) is 0 Å². The Morgan fingerprint density at radius 1 is 1.42 bits per heavy atom. The molecule has 12 heavy (non-hydrogen) atoms. The van der Waals surface area contributed by atoms with Gasteiger partial charge in [0, 0.05) is 7.05 Å². The normalized spacial score (nSPS) is 28.5. The van der Waals surface area contributed by atoms with Gasteiger partial charge in [-0.2, -0.15) is 10.0 Å². The van der Waals surface area contributed by atoms with Crippen LogP contribution in [0.25, 0.3) is 0 Å². The summed E-state index contributed by atoms with van der Waals surface area (Å²) in [6, 6.07) is -0.309. The van der Waals surface area contributed by atoms with Gasteiger partial charge >= 0.3 is 0 Å². The fourth-order valence-corrected chi connectivity index (χ4v) is 0.951. The highest BCUT2D eigenvalue weighted by atomic mass is 17.1. The van der Waals surface area contributed by atoms with E-state index in [0.717, 1.165) is 5.06 Å².